The van der Waals surface area contributed by atoms with Gasteiger partial charge in [0.1, 0.15) is 6.04 Å². The van der Waals surface area contributed by atoms with Gasteiger partial charge in [0.25, 0.3) is 5.91 Å². The van der Waals surface area contributed by atoms with Crippen LogP contribution >= 0.6 is 0 Å². The van der Waals surface area contributed by atoms with E-state index in [-0.39, 0.29) is 12.5 Å². The molecule has 0 aromatic carbocycles. The average molecular weight is 315 g/mol. The van der Waals surface area contributed by atoms with Crippen LogP contribution in [0.4, 0.5) is 0 Å². The van der Waals surface area contributed by atoms with Crippen molar-refractivity contribution in [1.29, 1.82) is 0 Å². The zero-order valence-corrected chi connectivity index (χ0v) is 13.0. The first-order valence-corrected chi connectivity index (χ1v) is 6.40. The quantitative estimate of drug-likeness (QED) is 0.418. The van der Waals surface area contributed by atoms with E-state index < -0.39 is 30.0 Å². The van der Waals surface area contributed by atoms with Gasteiger partial charge in [-0.25, -0.2) is 4.79 Å². The van der Waals surface area contributed by atoms with Gasteiger partial charge in [0.15, 0.2) is 6.10 Å². The van der Waals surface area contributed by atoms with Crippen LogP contribution in [0.15, 0.2) is 12.2 Å². The fourth-order valence-electron chi connectivity index (χ4n) is 1.24. The zero-order valence-electron chi connectivity index (χ0n) is 13.0. The van der Waals surface area contributed by atoms with Gasteiger partial charge in [-0.05, 0) is 6.92 Å². The molecule has 9 nitrogen and oxygen atoms in total. The van der Waals surface area contributed by atoms with Crippen LogP contribution in [0.5, 0.6) is 0 Å². The molecular formula is C13H21N3O6. The summed E-state index contributed by atoms with van der Waals surface area (Å²) in [6.45, 7) is 1.22. The predicted octanol–water partition coefficient (Wildman–Crippen LogP) is -1.82. The van der Waals surface area contributed by atoms with Gasteiger partial charge in [-0.3, -0.25) is 14.4 Å². The normalized spacial score (nSPS) is 13.1. The molecule has 0 spiro atoms. The molecule has 2 amide bonds. The highest BCUT2D eigenvalue weighted by atomic mass is 16.5. The lowest BCUT2D eigenvalue weighted by Gasteiger charge is -2.19. The molecule has 0 rings (SSSR count). The molecule has 0 aromatic heterocycles. The minimum atomic E-state index is -1.13. The first-order valence-electron chi connectivity index (χ1n) is 6.40. The summed E-state index contributed by atoms with van der Waals surface area (Å²) in [5.74, 6) is -2.51. The molecule has 0 saturated carbocycles. The average Bonchev–Trinajstić information content (AvgIpc) is 2.48. The van der Waals surface area contributed by atoms with Gasteiger partial charge in [-0.15, -0.1) is 0 Å². The number of nitrogens with zero attached hydrogens (tertiary/aromatic N) is 1. The van der Waals surface area contributed by atoms with Crippen molar-refractivity contribution in [3.05, 3.63) is 12.2 Å². The minimum absolute atomic E-state index is 0.202. The van der Waals surface area contributed by atoms with E-state index in [0.29, 0.717) is 0 Å². The molecule has 0 aliphatic carbocycles. The number of esters is 2. The van der Waals surface area contributed by atoms with E-state index in [1.807, 2.05) is 0 Å². The van der Waals surface area contributed by atoms with Gasteiger partial charge < -0.3 is 25.4 Å². The number of rotatable bonds is 7. The predicted molar refractivity (Wildman–Crippen MR) is 76.4 cm³/mol. The summed E-state index contributed by atoms with van der Waals surface area (Å²) < 4.78 is 9.19. The number of ether oxygens (including phenoxy) is 2. The summed E-state index contributed by atoms with van der Waals surface area (Å²) >= 11 is 0. The summed E-state index contributed by atoms with van der Waals surface area (Å²) in [5, 5.41) is 2.31. The Bertz CT molecular complexity index is 461. The Balaban J connectivity index is 4.26. The van der Waals surface area contributed by atoms with Crippen molar-refractivity contribution in [2.24, 2.45) is 5.73 Å². The second kappa shape index (κ2) is 9.50. The van der Waals surface area contributed by atoms with Crippen molar-refractivity contribution < 1.29 is 28.7 Å². The van der Waals surface area contributed by atoms with Crippen LogP contribution in [-0.4, -0.2) is 68.5 Å². The van der Waals surface area contributed by atoms with Crippen molar-refractivity contribution in [2.45, 2.75) is 19.1 Å². The van der Waals surface area contributed by atoms with Crippen LogP contribution in [-0.2, 0) is 28.7 Å². The van der Waals surface area contributed by atoms with Crippen LogP contribution in [0.3, 0.4) is 0 Å². The monoisotopic (exact) mass is 315 g/mol. The van der Waals surface area contributed by atoms with E-state index in [1.54, 1.807) is 0 Å². The van der Waals surface area contributed by atoms with E-state index >= 15 is 0 Å². The third kappa shape index (κ3) is 7.39. The van der Waals surface area contributed by atoms with Crippen LogP contribution in [0.2, 0.25) is 0 Å². The molecule has 0 fully saturated rings. The number of nitrogens with one attached hydrogen (secondary N) is 1. The second-order valence-corrected chi connectivity index (χ2v) is 4.52. The lowest BCUT2D eigenvalue weighted by molar-refractivity contribution is -0.159. The summed E-state index contributed by atoms with van der Waals surface area (Å²) in [7, 11) is 4.23. The number of likely N-dealkylation sites (N-methyl/N-ethyl adjacent to an activating group) is 1. The number of hydrogen-bond donors (Lipinski definition) is 2. The summed E-state index contributed by atoms with van der Waals surface area (Å²) in [6.07, 6.45) is 0.905. The van der Waals surface area contributed by atoms with Crippen LogP contribution in [0.25, 0.3) is 0 Å². The van der Waals surface area contributed by atoms with E-state index in [9.17, 15) is 19.2 Å². The second-order valence-electron chi connectivity index (χ2n) is 4.52. The summed E-state index contributed by atoms with van der Waals surface area (Å²) in [5.41, 5.74) is 5.54. The number of nitrogens with two attached hydrogens (primary N) is 1. The molecule has 124 valence electrons. The third-order valence-electron chi connectivity index (χ3n) is 2.45. The van der Waals surface area contributed by atoms with Crippen molar-refractivity contribution >= 4 is 23.8 Å². The fourth-order valence-corrected chi connectivity index (χ4v) is 1.24. The first-order chi connectivity index (χ1) is 10.2. The molecule has 22 heavy (non-hydrogen) atoms. The van der Waals surface area contributed by atoms with Gasteiger partial charge in [0, 0.05) is 32.8 Å². The summed E-state index contributed by atoms with van der Waals surface area (Å²) in [6, 6.07) is -1.13. The van der Waals surface area contributed by atoms with Crippen molar-refractivity contribution in [2.75, 3.05) is 27.7 Å². The SMILES string of the molecule is COC(=O)/C=C/C(=O)NC[C@H](N)C(=O)O[C@@H](C)C(=O)N(C)C. The lowest BCUT2D eigenvalue weighted by Crippen LogP contribution is -2.45. The Morgan fingerprint density at radius 1 is 1.23 bits per heavy atom. The topological polar surface area (TPSA) is 128 Å². The highest BCUT2D eigenvalue weighted by Crippen LogP contribution is 1.98. The van der Waals surface area contributed by atoms with E-state index in [1.165, 1.54) is 33.0 Å². The Morgan fingerprint density at radius 3 is 2.32 bits per heavy atom. The van der Waals surface area contributed by atoms with Crippen LogP contribution in [0, 0.1) is 0 Å². The van der Waals surface area contributed by atoms with Gasteiger partial charge in [0.05, 0.1) is 7.11 Å². The highest BCUT2D eigenvalue weighted by Gasteiger charge is 2.23. The molecule has 0 unspecified atom stereocenters. The molecule has 0 aliphatic heterocycles. The standard InChI is InChI=1S/C13H21N3O6/c1-8(12(19)16(2)3)22-13(20)9(14)7-15-10(17)5-6-11(18)21-4/h5-6,8-9H,7,14H2,1-4H3,(H,15,17)/b6-5+/t8-,9-/m0/s1. The van der Waals surface area contributed by atoms with E-state index in [0.717, 1.165) is 12.2 Å². The smallest absolute Gasteiger partial charge is 0.330 e. The largest absolute Gasteiger partial charge is 0.466 e. The van der Waals surface area contributed by atoms with E-state index in [2.05, 4.69) is 10.1 Å². The molecule has 2 atom stereocenters. The zero-order chi connectivity index (χ0) is 17.3. The van der Waals surface area contributed by atoms with Crippen LogP contribution in [0.1, 0.15) is 6.92 Å². The van der Waals surface area contributed by atoms with Gasteiger partial charge in [-0.2, -0.15) is 0 Å². The molecule has 0 heterocycles. The van der Waals surface area contributed by atoms with E-state index in [4.69, 9.17) is 10.5 Å². The fraction of sp³-hybridized carbons (Fsp3) is 0.538. The lowest BCUT2D eigenvalue weighted by atomic mass is 10.3. The maximum Gasteiger partial charge on any atom is 0.330 e. The molecule has 0 bridgehead atoms. The number of carbonyl (C=O) groups is 4. The minimum Gasteiger partial charge on any atom is -0.466 e. The molecule has 9 heteroatoms. The maximum atomic E-state index is 11.6. The van der Waals surface area contributed by atoms with Gasteiger partial charge >= 0.3 is 11.9 Å². The number of hydrogen-bond acceptors (Lipinski definition) is 7. The van der Waals surface area contributed by atoms with Crippen molar-refractivity contribution in [3.8, 4) is 0 Å². The molecule has 0 aliphatic rings. The number of amides is 2. The Hall–Kier alpha value is -2.42. The van der Waals surface area contributed by atoms with Gasteiger partial charge in [-0.1, -0.05) is 0 Å². The summed E-state index contributed by atoms with van der Waals surface area (Å²) in [4.78, 5) is 46.6. The molecule has 0 radical (unpaired) electrons. The third-order valence-corrected chi connectivity index (χ3v) is 2.45. The highest BCUT2D eigenvalue weighted by molar-refractivity contribution is 5.94. The molecule has 0 aromatic rings. The van der Waals surface area contributed by atoms with Gasteiger partial charge in [0.2, 0.25) is 5.91 Å². The Labute approximate surface area is 128 Å². The van der Waals surface area contributed by atoms with Crippen molar-refractivity contribution in [1.82, 2.24) is 10.2 Å². The number of carbonyl (C=O) groups excluding carboxylic acids is 4. The Morgan fingerprint density at radius 2 is 1.82 bits per heavy atom. The van der Waals surface area contributed by atoms with Crippen LogP contribution < -0.4 is 11.1 Å². The van der Waals surface area contributed by atoms with Crippen molar-refractivity contribution in [3.63, 3.8) is 0 Å². The maximum absolute atomic E-state index is 11.6. The molecular weight excluding hydrogens is 294 g/mol. The Kier molecular flexibility index (Phi) is 8.46. The molecule has 0 saturated heterocycles. The first kappa shape index (κ1) is 19.6. The molecule has 3 N–H and O–H groups in total. The number of methoxy groups -OCH3 is 1.